The highest BCUT2D eigenvalue weighted by molar-refractivity contribution is 6.35. The zero-order valence-electron chi connectivity index (χ0n) is 15.4. The van der Waals surface area contributed by atoms with Gasteiger partial charge in [0.25, 0.3) is 0 Å². The number of aromatic amines is 1. The van der Waals surface area contributed by atoms with E-state index in [-0.39, 0.29) is 18.5 Å². The number of carbonyl (C=O) groups excluding carboxylic acids is 1. The van der Waals surface area contributed by atoms with E-state index < -0.39 is 0 Å². The quantitative estimate of drug-likeness (QED) is 0.564. The molecule has 3 N–H and O–H groups in total. The van der Waals surface area contributed by atoms with Crippen LogP contribution in [0.1, 0.15) is 0 Å². The Kier molecular flexibility index (Phi) is 5.98. The smallest absolute Gasteiger partial charge is 0.242 e. The summed E-state index contributed by atoms with van der Waals surface area (Å²) < 4.78 is 5.67. The third-order valence-corrected chi connectivity index (χ3v) is 4.95. The lowest BCUT2D eigenvalue weighted by molar-refractivity contribution is -0.129. The van der Waals surface area contributed by atoms with Crippen LogP contribution in [0.3, 0.4) is 0 Å². The number of hydrogen-bond donors (Lipinski definition) is 3. The van der Waals surface area contributed by atoms with E-state index in [0.717, 1.165) is 5.39 Å². The molecule has 0 aliphatic carbocycles. The molecule has 9 nitrogen and oxygen atoms in total. The number of amides is 1. The largest absolute Gasteiger partial charge is 0.377 e. The monoisotopic (exact) mass is 435 g/mol. The summed E-state index contributed by atoms with van der Waals surface area (Å²) >= 11 is 12.0. The summed E-state index contributed by atoms with van der Waals surface area (Å²) in [6, 6.07) is 4.97. The van der Waals surface area contributed by atoms with Gasteiger partial charge in [-0.3, -0.25) is 9.89 Å². The molecule has 3 aromatic rings. The molecule has 3 heterocycles. The Balaban J connectivity index is 1.39. The summed E-state index contributed by atoms with van der Waals surface area (Å²) in [6.07, 6.45) is 3.13. The minimum Gasteiger partial charge on any atom is -0.377 e. The molecule has 1 aliphatic heterocycles. The number of H-pyrrole nitrogens is 1. The summed E-state index contributed by atoms with van der Waals surface area (Å²) in [4.78, 5) is 22.9. The zero-order chi connectivity index (χ0) is 20.2. The van der Waals surface area contributed by atoms with Crippen molar-refractivity contribution in [2.24, 2.45) is 0 Å². The molecule has 0 saturated carbocycles. The Bertz CT molecular complexity index is 993. The first-order valence-corrected chi connectivity index (χ1v) is 9.80. The molecule has 0 radical (unpaired) electrons. The fourth-order valence-electron chi connectivity index (χ4n) is 3.14. The Morgan fingerprint density at radius 3 is 2.93 bits per heavy atom. The van der Waals surface area contributed by atoms with Gasteiger partial charge >= 0.3 is 0 Å². The highest BCUT2D eigenvalue weighted by atomic mass is 35.5. The Labute approximate surface area is 176 Å². The van der Waals surface area contributed by atoms with Crippen LogP contribution in [-0.2, 0) is 9.53 Å². The highest BCUT2D eigenvalue weighted by Crippen LogP contribution is 2.22. The summed E-state index contributed by atoms with van der Waals surface area (Å²) in [5.41, 5.74) is 1.34. The number of halogens is 2. The van der Waals surface area contributed by atoms with Crippen molar-refractivity contribution in [1.82, 2.24) is 25.1 Å². The average Bonchev–Trinajstić information content (AvgIpc) is 3.05. The lowest BCUT2D eigenvalue weighted by Gasteiger charge is -2.25. The molecule has 1 aliphatic rings. The van der Waals surface area contributed by atoms with E-state index in [1.54, 1.807) is 29.3 Å². The number of nitrogens with zero attached hydrogens (tertiary/aromatic N) is 4. The van der Waals surface area contributed by atoms with Crippen molar-refractivity contribution in [1.29, 1.82) is 0 Å². The first-order chi connectivity index (χ1) is 14.1. The standard InChI is InChI=1S/C18H19Cl2N7O2/c19-11-3-12(20)5-13(4-11)21-7-16(28)27-1-2-29-9-14(8-27)25-17-15-6-24-26-18(15)23-10-22-17/h3-6,10,14,21H,1-2,7-9H2,(H2,22,23,24,25,26). The number of benzene rings is 1. The van der Waals surface area contributed by atoms with Gasteiger partial charge in [0, 0.05) is 28.8 Å². The lowest BCUT2D eigenvalue weighted by Crippen LogP contribution is -2.43. The van der Waals surface area contributed by atoms with Crippen LogP contribution < -0.4 is 10.6 Å². The number of aromatic nitrogens is 4. The van der Waals surface area contributed by atoms with Gasteiger partial charge in [-0.2, -0.15) is 5.10 Å². The van der Waals surface area contributed by atoms with E-state index in [1.807, 2.05) is 0 Å². The lowest BCUT2D eigenvalue weighted by atomic mass is 10.2. The third-order valence-electron chi connectivity index (χ3n) is 4.51. The van der Waals surface area contributed by atoms with E-state index >= 15 is 0 Å². The minimum absolute atomic E-state index is 0.0467. The van der Waals surface area contributed by atoms with Crippen molar-refractivity contribution >= 4 is 51.6 Å². The van der Waals surface area contributed by atoms with Crippen LogP contribution in [0.2, 0.25) is 10.0 Å². The molecule has 0 bridgehead atoms. The van der Waals surface area contributed by atoms with Gasteiger partial charge in [0.15, 0.2) is 5.65 Å². The van der Waals surface area contributed by atoms with Crippen LogP contribution in [0.15, 0.2) is 30.7 Å². The Morgan fingerprint density at radius 1 is 1.28 bits per heavy atom. The van der Waals surface area contributed by atoms with Crippen LogP contribution in [0.5, 0.6) is 0 Å². The van der Waals surface area contributed by atoms with Gasteiger partial charge in [-0.1, -0.05) is 23.2 Å². The predicted molar refractivity (Wildman–Crippen MR) is 111 cm³/mol. The van der Waals surface area contributed by atoms with Gasteiger partial charge in [0.2, 0.25) is 5.91 Å². The maximum Gasteiger partial charge on any atom is 0.242 e. The molecule has 1 atom stereocenters. The van der Waals surface area contributed by atoms with Crippen molar-refractivity contribution < 1.29 is 9.53 Å². The van der Waals surface area contributed by atoms with Gasteiger partial charge < -0.3 is 20.3 Å². The van der Waals surface area contributed by atoms with Crippen molar-refractivity contribution in [3.05, 3.63) is 40.8 Å². The molecular formula is C18H19Cl2N7O2. The SMILES string of the molecule is O=C(CNc1cc(Cl)cc(Cl)c1)N1CCOCC(Nc2ncnc3[nH]ncc23)C1. The molecule has 29 heavy (non-hydrogen) atoms. The summed E-state index contributed by atoms with van der Waals surface area (Å²) in [6.45, 7) is 2.06. The molecule has 152 valence electrons. The van der Waals surface area contributed by atoms with Crippen LogP contribution in [0.4, 0.5) is 11.5 Å². The average molecular weight is 436 g/mol. The van der Waals surface area contributed by atoms with E-state index in [1.165, 1.54) is 6.33 Å². The van der Waals surface area contributed by atoms with E-state index in [4.69, 9.17) is 27.9 Å². The highest BCUT2D eigenvalue weighted by Gasteiger charge is 2.23. The maximum atomic E-state index is 12.7. The van der Waals surface area contributed by atoms with Crippen LogP contribution in [-0.4, -0.2) is 69.9 Å². The fourth-order valence-corrected chi connectivity index (χ4v) is 3.67. The van der Waals surface area contributed by atoms with Gasteiger partial charge in [0.05, 0.1) is 37.4 Å². The molecule has 11 heteroatoms. The topological polar surface area (TPSA) is 108 Å². The number of hydrogen-bond acceptors (Lipinski definition) is 7. The molecule has 4 rings (SSSR count). The Hall–Kier alpha value is -2.62. The van der Waals surface area contributed by atoms with Crippen LogP contribution in [0.25, 0.3) is 11.0 Å². The zero-order valence-corrected chi connectivity index (χ0v) is 16.9. The minimum atomic E-state index is -0.116. The summed E-state index contributed by atoms with van der Waals surface area (Å²) in [5.74, 6) is 0.605. The fraction of sp³-hybridized carbons (Fsp3) is 0.333. The first kappa shape index (κ1) is 19.7. The second-order valence-corrected chi connectivity index (χ2v) is 7.50. The number of fused-ring (bicyclic) bond motifs is 1. The van der Waals surface area contributed by atoms with E-state index in [0.29, 0.717) is 53.5 Å². The molecule has 2 aromatic heterocycles. The molecule has 1 amide bonds. The van der Waals surface area contributed by atoms with Crippen molar-refractivity contribution in [2.45, 2.75) is 6.04 Å². The molecule has 1 fully saturated rings. The maximum absolute atomic E-state index is 12.7. The van der Waals surface area contributed by atoms with Crippen molar-refractivity contribution in [3.8, 4) is 0 Å². The van der Waals surface area contributed by atoms with Crippen LogP contribution >= 0.6 is 23.2 Å². The van der Waals surface area contributed by atoms with E-state index in [2.05, 4.69) is 30.8 Å². The molecular weight excluding hydrogens is 417 g/mol. The van der Waals surface area contributed by atoms with Gasteiger partial charge in [-0.15, -0.1) is 0 Å². The third kappa shape index (κ3) is 4.87. The number of ether oxygens (including phenoxy) is 1. The van der Waals surface area contributed by atoms with Crippen LogP contribution in [0, 0.1) is 0 Å². The summed E-state index contributed by atoms with van der Waals surface area (Å²) in [7, 11) is 0. The number of anilines is 2. The molecule has 1 unspecified atom stereocenters. The van der Waals surface area contributed by atoms with Gasteiger partial charge in [-0.05, 0) is 18.2 Å². The normalized spacial score (nSPS) is 17.2. The molecule has 0 spiro atoms. The Morgan fingerprint density at radius 2 is 2.10 bits per heavy atom. The van der Waals surface area contributed by atoms with Gasteiger partial charge in [0.1, 0.15) is 12.1 Å². The summed E-state index contributed by atoms with van der Waals surface area (Å²) in [5, 5.41) is 15.0. The number of rotatable bonds is 5. The molecule has 1 aromatic carbocycles. The molecule has 1 saturated heterocycles. The van der Waals surface area contributed by atoms with Crippen molar-refractivity contribution in [2.75, 3.05) is 43.5 Å². The second-order valence-electron chi connectivity index (χ2n) is 6.62. The first-order valence-electron chi connectivity index (χ1n) is 9.04. The van der Waals surface area contributed by atoms with Gasteiger partial charge in [-0.25, -0.2) is 9.97 Å². The number of carbonyl (C=O) groups is 1. The van der Waals surface area contributed by atoms with E-state index in [9.17, 15) is 4.79 Å². The second kappa shape index (κ2) is 8.81. The number of nitrogens with one attached hydrogen (secondary N) is 3. The van der Waals surface area contributed by atoms with Crippen molar-refractivity contribution in [3.63, 3.8) is 0 Å². The predicted octanol–water partition coefficient (Wildman–Crippen LogP) is 2.41.